The van der Waals surface area contributed by atoms with Gasteiger partial charge in [-0.15, -0.1) is 0 Å². The van der Waals surface area contributed by atoms with E-state index in [9.17, 15) is 4.39 Å². The summed E-state index contributed by atoms with van der Waals surface area (Å²) in [5, 5.41) is 3.96. The smallest absolute Gasteiger partial charge is 0.123 e. The van der Waals surface area contributed by atoms with Crippen LogP contribution in [-0.2, 0) is 4.74 Å². The number of rotatable bonds is 3. The van der Waals surface area contributed by atoms with Crippen molar-refractivity contribution in [3.63, 3.8) is 0 Å². The minimum absolute atomic E-state index is 0.266. The summed E-state index contributed by atoms with van der Waals surface area (Å²) >= 11 is 6.03. The van der Waals surface area contributed by atoms with Crippen molar-refractivity contribution >= 4 is 17.7 Å². The molecule has 1 aromatic rings. The highest BCUT2D eigenvalue weighted by atomic mass is 35.5. The fourth-order valence-electron chi connectivity index (χ4n) is 2.09. The Morgan fingerprint density at radius 1 is 1.61 bits per heavy atom. The Morgan fingerprint density at radius 2 is 2.44 bits per heavy atom. The van der Waals surface area contributed by atoms with Gasteiger partial charge in [0.15, 0.2) is 0 Å². The quantitative estimate of drug-likeness (QED) is 0.909. The first-order valence-corrected chi connectivity index (χ1v) is 6.46. The Kier molecular flexibility index (Phi) is 4.75. The Labute approximate surface area is 112 Å². The summed E-state index contributed by atoms with van der Waals surface area (Å²) in [6, 6.07) is 4.74. The molecule has 18 heavy (non-hydrogen) atoms. The van der Waals surface area contributed by atoms with E-state index in [-0.39, 0.29) is 5.82 Å². The molecule has 2 nitrogen and oxygen atoms in total. The number of nitrogens with one attached hydrogen (secondary N) is 1. The highest BCUT2D eigenvalue weighted by Gasteiger charge is 2.13. The number of ether oxygens (including phenoxy) is 1. The average molecular weight is 270 g/mol. The minimum Gasteiger partial charge on any atom is -0.379 e. The molecular formula is C14H17ClFNO. The number of benzene rings is 1. The van der Waals surface area contributed by atoms with Crippen molar-refractivity contribution in [1.82, 2.24) is 5.32 Å². The van der Waals surface area contributed by atoms with Gasteiger partial charge in [0, 0.05) is 17.6 Å². The monoisotopic (exact) mass is 269 g/mol. The maximum absolute atomic E-state index is 13.1. The van der Waals surface area contributed by atoms with Crippen LogP contribution in [0.3, 0.4) is 0 Å². The predicted molar refractivity (Wildman–Crippen MR) is 72.3 cm³/mol. The summed E-state index contributed by atoms with van der Waals surface area (Å²) in [5.74, 6) is -0.266. The lowest BCUT2D eigenvalue weighted by molar-refractivity contribution is 0.0771. The molecule has 0 aromatic heterocycles. The Hall–Kier alpha value is -0.900. The van der Waals surface area contributed by atoms with Crippen LogP contribution in [0, 0.1) is 5.82 Å². The van der Waals surface area contributed by atoms with Crippen LogP contribution in [0.25, 0.3) is 6.08 Å². The zero-order valence-electron chi connectivity index (χ0n) is 10.4. The molecule has 1 aromatic carbocycles. The number of halogens is 2. The molecule has 0 amide bonds. The molecule has 1 unspecified atom stereocenters. The summed E-state index contributed by atoms with van der Waals surface area (Å²) in [7, 11) is 0. The summed E-state index contributed by atoms with van der Waals surface area (Å²) in [6.45, 7) is 4.41. The maximum Gasteiger partial charge on any atom is 0.123 e. The molecule has 0 bridgehead atoms. The van der Waals surface area contributed by atoms with Gasteiger partial charge in [-0.05, 0) is 37.1 Å². The Bertz CT molecular complexity index is 441. The third-order valence-corrected chi connectivity index (χ3v) is 3.27. The van der Waals surface area contributed by atoms with E-state index in [4.69, 9.17) is 16.3 Å². The predicted octanol–water partition coefficient (Wildman–Crippen LogP) is 3.26. The van der Waals surface area contributed by atoms with Crippen LogP contribution in [0.5, 0.6) is 0 Å². The second kappa shape index (κ2) is 6.32. The standard InChI is InChI=1S/C14H17ClFNO/c1-10(7-13-9-18-5-4-17-13)6-11-8-12(16)2-3-14(11)15/h2-3,6,8,13,17H,4-5,7,9H2,1H3/b10-6-. The van der Waals surface area contributed by atoms with E-state index in [1.165, 1.54) is 12.1 Å². The average Bonchev–Trinajstić information content (AvgIpc) is 2.35. The van der Waals surface area contributed by atoms with Crippen molar-refractivity contribution in [3.8, 4) is 0 Å². The van der Waals surface area contributed by atoms with Crippen LogP contribution < -0.4 is 5.32 Å². The number of hydrogen-bond acceptors (Lipinski definition) is 2. The molecule has 0 spiro atoms. The van der Waals surface area contributed by atoms with E-state index < -0.39 is 0 Å². The van der Waals surface area contributed by atoms with E-state index >= 15 is 0 Å². The van der Waals surface area contributed by atoms with Crippen molar-refractivity contribution in [2.75, 3.05) is 19.8 Å². The zero-order valence-corrected chi connectivity index (χ0v) is 11.1. The molecule has 0 aliphatic carbocycles. The molecule has 2 rings (SSSR count). The van der Waals surface area contributed by atoms with Gasteiger partial charge in [0.1, 0.15) is 5.82 Å². The number of morpholine rings is 1. The van der Waals surface area contributed by atoms with Gasteiger partial charge in [-0.2, -0.15) is 0 Å². The molecule has 1 atom stereocenters. The first kappa shape index (κ1) is 13.5. The second-order valence-corrected chi connectivity index (χ2v) is 4.99. The molecule has 4 heteroatoms. The van der Waals surface area contributed by atoms with Crippen LogP contribution >= 0.6 is 11.6 Å². The molecule has 1 N–H and O–H groups in total. The van der Waals surface area contributed by atoms with Crippen LogP contribution in [0.1, 0.15) is 18.9 Å². The van der Waals surface area contributed by atoms with Crippen molar-refractivity contribution in [1.29, 1.82) is 0 Å². The fourth-order valence-corrected chi connectivity index (χ4v) is 2.26. The topological polar surface area (TPSA) is 21.3 Å². The third-order valence-electron chi connectivity index (χ3n) is 2.93. The van der Waals surface area contributed by atoms with Gasteiger partial charge in [0.2, 0.25) is 0 Å². The molecule has 1 saturated heterocycles. The van der Waals surface area contributed by atoms with Gasteiger partial charge in [0.05, 0.1) is 13.2 Å². The normalized spacial score (nSPS) is 21.1. The van der Waals surface area contributed by atoms with Crippen LogP contribution in [-0.4, -0.2) is 25.8 Å². The van der Waals surface area contributed by atoms with E-state index in [0.717, 1.165) is 37.3 Å². The molecule has 1 fully saturated rings. The van der Waals surface area contributed by atoms with Crippen LogP contribution in [0.4, 0.5) is 4.39 Å². The van der Waals surface area contributed by atoms with E-state index in [2.05, 4.69) is 5.32 Å². The van der Waals surface area contributed by atoms with E-state index in [1.807, 2.05) is 13.0 Å². The molecule has 0 radical (unpaired) electrons. The zero-order chi connectivity index (χ0) is 13.0. The number of hydrogen-bond donors (Lipinski definition) is 1. The largest absolute Gasteiger partial charge is 0.379 e. The SMILES string of the molecule is C/C(=C/c1cc(F)ccc1Cl)CC1COCCN1. The van der Waals surface area contributed by atoms with Gasteiger partial charge < -0.3 is 10.1 Å². The second-order valence-electron chi connectivity index (χ2n) is 4.59. The van der Waals surface area contributed by atoms with Crippen LogP contribution in [0.2, 0.25) is 5.02 Å². The minimum atomic E-state index is -0.266. The third kappa shape index (κ3) is 3.80. The van der Waals surface area contributed by atoms with Crippen LogP contribution in [0.15, 0.2) is 23.8 Å². The van der Waals surface area contributed by atoms with Crippen molar-refractivity contribution in [2.24, 2.45) is 0 Å². The lowest BCUT2D eigenvalue weighted by Gasteiger charge is -2.24. The first-order chi connectivity index (χ1) is 8.65. The Balaban J connectivity index is 2.04. The Morgan fingerprint density at radius 3 is 3.17 bits per heavy atom. The molecule has 0 saturated carbocycles. The van der Waals surface area contributed by atoms with Crippen molar-refractivity contribution in [2.45, 2.75) is 19.4 Å². The first-order valence-electron chi connectivity index (χ1n) is 6.08. The van der Waals surface area contributed by atoms with Gasteiger partial charge in [-0.3, -0.25) is 0 Å². The van der Waals surface area contributed by atoms with Gasteiger partial charge >= 0.3 is 0 Å². The lowest BCUT2D eigenvalue weighted by Crippen LogP contribution is -2.41. The summed E-state index contributed by atoms with van der Waals surface area (Å²) in [4.78, 5) is 0. The molecule has 1 aliphatic heterocycles. The summed E-state index contributed by atoms with van der Waals surface area (Å²) in [6.07, 6.45) is 2.81. The van der Waals surface area contributed by atoms with Gasteiger partial charge in [-0.1, -0.05) is 23.3 Å². The summed E-state index contributed by atoms with van der Waals surface area (Å²) in [5.41, 5.74) is 1.89. The van der Waals surface area contributed by atoms with Gasteiger partial charge in [0.25, 0.3) is 0 Å². The van der Waals surface area contributed by atoms with Crippen molar-refractivity contribution < 1.29 is 9.13 Å². The van der Waals surface area contributed by atoms with E-state index in [0.29, 0.717) is 11.1 Å². The summed E-state index contributed by atoms with van der Waals surface area (Å²) < 4.78 is 18.5. The maximum atomic E-state index is 13.1. The molecule has 1 aliphatic rings. The van der Waals surface area contributed by atoms with E-state index in [1.54, 1.807) is 6.07 Å². The van der Waals surface area contributed by atoms with Crippen molar-refractivity contribution in [3.05, 3.63) is 40.2 Å². The highest BCUT2D eigenvalue weighted by molar-refractivity contribution is 6.32. The molecular weight excluding hydrogens is 253 g/mol. The lowest BCUT2D eigenvalue weighted by atomic mass is 10.0. The molecule has 98 valence electrons. The molecule has 1 heterocycles. The van der Waals surface area contributed by atoms with Gasteiger partial charge in [-0.25, -0.2) is 4.39 Å². The highest BCUT2D eigenvalue weighted by Crippen LogP contribution is 2.21. The fraction of sp³-hybridized carbons (Fsp3) is 0.429.